The zero-order valence-electron chi connectivity index (χ0n) is 11.9. The predicted molar refractivity (Wildman–Crippen MR) is 78.3 cm³/mol. The molecule has 1 saturated heterocycles. The summed E-state index contributed by atoms with van der Waals surface area (Å²) in [6.45, 7) is 9.94. The summed E-state index contributed by atoms with van der Waals surface area (Å²) in [5.74, 6) is 0. The van der Waals surface area contributed by atoms with Gasteiger partial charge in [-0.15, -0.1) is 0 Å². The third-order valence-electron chi connectivity index (χ3n) is 3.17. The number of halogens is 1. The number of rotatable bonds is 2. The number of morpholine rings is 1. The number of hydrogen-bond acceptors (Lipinski definition) is 3. The molecule has 0 aliphatic carbocycles. The molecule has 0 spiro atoms. The molecule has 1 heterocycles. The smallest absolute Gasteiger partial charge is 0.151 e. The van der Waals surface area contributed by atoms with Gasteiger partial charge < -0.3 is 9.64 Å². The van der Waals surface area contributed by atoms with Crippen molar-refractivity contribution < 1.29 is 9.53 Å². The fourth-order valence-corrected chi connectivity index (χ4v) is 3.00. The summed E-state index contributed by atoms with van der Waals surface area (Å²) in [4.78, 5) is 13.1. The number of anilines is 1. The average molecular weight is 282 g/mol. The average Bonchev–Trinajstić information content (AvgIpc) is 2.24. The Morgan fingerprint density at radius 1 is 1.21 bits per heavy atom. The molecule has 1 fully saturated rings. The summed E-state index contributed by atoms with van der Waals surface area (Å²) in [5, 5.41) is 0.495. The molecular weight excluding hydrogens is 262 g/mol. The highest BCUT2D eigenvalue weighted by Gasteiger charge is 2.38. The third kappa shape index (κ3) is 3.28. The van der Waals surface area contributed by atoms with Crippen molar-refractivity contribution in [3.63, 3.8) is 0 Å². The lowest BCUT2D eigenvalue weighted by Crippen LogP contribution is -2.57. The first-order valence-electron chi connectivity index (χ1n) is 6.42. The van der Waals surface area contributed by atoms with Crippen molar-refractivity contribution in [1.29, 1.82) is 0 Å². The van der Waals surface area contributed by atoms with Crippen molar-refractivity contribution >= 4 is 23.6 Å². The summed E-state index contributed by atoms with van der Waals surface area (Å²) in [5.41, 5.74) is 1.13. The molecule has 0 unspecified atom stereocenters. The molecule has 0 saturated carbocycles. The third-order valence-corrected chi connectivity index (χ3v) is 3.50. The van der Waals surface area contributed by atoms with Crippen LogP contribution in [-0.4, -0.2) is 30.6 Å². The Hall–Kier alpha value is -1.06. The Labute approximate surface area is 119 Å². The monoisotopic (exact) mass is 281 g/mol. The molecule has 19 heavy (non-hydrogen) atoms. The number of carbonyl (C=O) groups is 1. The van der Waals surface area contributed by atoms with Gasteiger partial charge in [-0.2, -0.15) is 0 Å². The van der Waals surface area contributed by atoms with E-state index in [1.54, 1.807) is 6.07 Å². The minimum absolute atomic E-state index is 0.211. The number of hydrogen-bond donors (Lipinski definition) is 0. The molecule has 0 bridgehead atoms. The van der Waals surface area contributed by atoms with Crippen LogP contribution >= 0.6 is 11.6 Å². The highest BCUT2D eigenvalue weighted by atomic mass is 35.5. The number of aldehydes is 1. The van der Waals surface area contributed by atoms with Crippen LogP contribution in [0.3, 0.4) is 0 Å². The van der Waals surface area contributed by atoms with Crippen molar-refractivity contribution in [2.75, 3.05) is 18.0 Å². The van der Waals surface area contributed by atoms with Gasteiger partial charge in [0.05, 0.1) is 16.2 Å². The minimum Gasteiger partial charge on any atom is -0.366 e. The summed E-state index contributed by atoms with van der Waals surface area (Å²) in [6.07, 6.45) is 0.777. The van der Waals surface area contributed by atoms with Crippen molar-refractivity contribution in [3.05, 3.63) is 28.8 Å². The second kappa shape index (κ2) is 4.80. The first-order valence-corrected chi connectivity index (χ1v) is 6.80. The van der Waals surface area contributed by atoms with Gasteiger partial charge in [0.15, 0.2) is 6.29 Å². The summed E-state index contributed by atoms with van der Waals surface area (Å²) in [7, 11) is 0. The summed E-state index contributed by atoms with van der Waals surface area (Å²) in [6, 6.07) is 5.55. The van der Waals surface area contributed by atoms with E-state index in [1.807, 2.05) is 12.1 Å². The maximum Gasteiger partial charge on any atom is 0.151 e. The van der Waals surface area contributed by atoms with Crippen LogP contribution in [0.25, 0.3) is 0 Å². The molecule has 1 aromatic carbocycles. The van der Waals surface area contributed by atoms with E-state index in [9.17, 15) is 4.79 Å². The minimum atomic E-state index is -0.211. The van der Waals surface area contributed by atoms with Gasteiger partial charge in [0.1, 0.15) is 0 Å². The van der Waals surface area contributed by atoms with Crippen LogP contribution < -0.4 is 4.90 Å². The predicted octanol–water partition coefficient (Wildman–Crippen LogP) is 3.55. The molecule has 0 amide bonds. The molecule has 104 valence electrons. The van der Waals surface area contributed by atoms with E-state index in [0.29, 0.717) is 10.6 Å². The Balaban J connectivity index is 2.31. The molecule has 1 aromatic rings. The van der Waals surface area contributed by atoms with Gasteiger partial charge in [0.2, 0.25) is 0 Å². The highest BCUT2D eigenvalue weighted by Crippen LogP contribution is 2.32. The van der Waals surface area contributed by atoms with Crippen molar-refractivity contribution in [2.24, 2.45) is 0 Å². The number of benzene rings is 1. The molecule has 1 aliphatic rings. The second-order valence-corrected chi connectivity index (χ2v) is 6.71. The van der Waals surface area contributed by atoms with E-state index in [2.05, 4.69) is 32.6 Å². The topological polar surface area (TPSA) is 29.5 Å². The number of carbonyl (C=O) groups excluding carboxylic acids is 1. The van der Waals surface area contributed by atoms with Crippen LogP contribution in [-0.2, 0) is 4.74 Å². The zero-order valence-corrected chi connectivity index (χ0v) is 12.6. The molecule has 0 radical (unpaired) electrons. The van der Waals surface area contributed by atoms with E-state index in [1.165, 1.54) is 0 Å². The molecule has 0 aromatic heterocycles. The van der Waals surface area contributed by atoms with Crippen molar-refractivity contribution in [1.82, 2.24) is 0 Å². The fourth-order valence-electron chi connectivity index (χ4n) is 2.78. The maximum absolute atomic E-state index is 10.8. The first-order chi connectivity index (χ1) is 8.72. The van der Waals surface area contributed by atoms with Gasteiger partial charge in [-0.25, -0.2) is 0 Å². The van der Waals surface area contributed by atoms with Crippen LogP contribution in [0.5, 0.6) is 0 Å². The normalized spacial score (nSPS) is 21.2. The van der Waals surface area contributed by atoms with Crippen LogP contribution in [0, 0.1) is 0 Å². The van der Waals surface area contributed by atoms with Gasteiger partial charge in [-0.1, -0.05) is 11.6 Å². The SMILES string of the molecule is CC1(C)CN(c2ccc(C=O)c(Cl)c2)CC(C)(C)O1. The lowest BCUT2D eigenvalue weighted by molar-refractivity contribution is -0.133. The Morgan fingerprint density at radius 3 is 2.26 bits per heavy atom. The van der Waals surface area contributed by atoms with Gasteiger partial charge >= 0.3 is 0 Å². The van der Waals surface area contributed by atoms with Gasteiger partial charge in [-0.3, -0.25) is 4.79 Å². The quantitative estimate of drug-likeness (QED) is 0.777. The van der Waals surface area contributed by atoms with Gasteiger partial charge in [-0.05, 0) is 45.9 Å². The number of nitrogens with zero attached hydrogens (tertiary/aromatic N) is 1. The van der Waals surface area contributed by atoms with E-state index in [4.69, 9.17) is 16.3 Å². The number of ether oxygens (including phenoxy) is 1. The molecule has 3 nitrogen and oxygen atoms in total. The standard InChI is InChI=1S/C15H20ClNO2/c1-14(2)9-17(10-15(3,4)19-14)12-6-5-11(8-18)13(16)7-12/h5-8H,9-10H2,1-4H3. The lowest BCUT2D eigenvalue weighted by Gasteiger charge is -2.48. The van der Waals surface area contributed by atoms with Gasteiger partial charge in [0.25, 0.3) is 0 Å². The van der Waals surface area contributed by atoms with Gasteiger partial charge in [0, 0.05) is 24.3 Å². The van der Waals surface area contributed by atoms with E-state index >= 15 is 0 Å². The molecule has 0 N–H and O–H groups in total. The van der Waals surface area contributed by atoms with Crippen LogP contribution in [0.15, 0.2) is 18.2 Å². The molecule has 2 rings (SSSR count). The molecule has 4 heteroatoms. The van der Waals surface area contributed by atoms with Crippen molar-refractivity contribution in [3.8, 4) is 0 Å². The van der Waals surface area contributed by atoms with E-state index < -0.39 is 0 Å². The molecule has 0 atom stereocenters. The fraction of sp³-hybridized carbons (Fsp3) is 0.533. The molecule has 1 aliphatic heterocycles. The molecular formula is C15H20ClNO2. The Bertz CT molecular complexity index is 481. The van der Waals surface area contributed by atoms with Crippen molar-refractivity contribution in [2.45, 2.75) is 38.9 Å². The van der Waals surface area contributed by atoms with Crippen LogP contribution in [0.1, 0.15) is 38.1 Å². The van der Waals surface area contributed by atoms with Crippen LogP contribution in [0.4, 0.5) is 5.69 Å². The van der Waals surface area contributed by atoms with Crippen LogP contribution in [0.2, 0.25) is 5.02 Å². The zero-order chi connectivity index (χ0) is 14.3. The first kappa shape index (κ1) is 14.4. The maximum atomic E-state index is 10.8. The van der Waals surface area contributed by atoms with E-state index in [0.717, 1.165) is 25.1 Å². The second-order valence-electron chi connectivity index (χ2n) is 6.30. The largest absolute Gasteiger partial charge is 0.366 e. The Kier molecular flexibility index (Phi) is 3.63. The Morgan fingerprint density at radius 2 is 1.79 bits per heavy atom. The lowest BCUT2D eigenvalue weighted by atomic mass is 9.98. The highest BCUT2D eigenvalue weighted by molar-refractivity contribution is 6.33. The summed E-state index contributed by atoms with van der Waals surface area (Å²) < 4.78 is 6.06. The van der Waals surface area contributed by atoms with E-state index in [-0.39, 0.29) is 11.2 Å². The summed E-state index contributed by atoms with van der Waals surface area (Å²) >= 11 is 6.10.